The molecule has 0 fully saturated rings. The number of ether oxygens (including phenoxy) is 1. The van der Waals surface area contributed by atoms with Crippen LogP contribution in [0.2, 0.25) is 0 Å². The number of nitrogens with one attached hydrogen (secondary N) is 1. The molecule has 102 valence electrons. The summed E-state index contributed by atoms with van der Waals surface area (Å²) in [6.45, 7) is 1.89. The third-order valence-corrected chi connectivity index (χ3v) is 2.88. The van der Waals surface area contributed by atoms with Crippen LogP contribution < -0.4 is 5.56 Å². The van der Waals surface area contributed by atoms with Crippen LogP contribution in [-0.4, -0.2) is 27.2 Å². The summed E-state index contributed by atoms with van der Waals surface area (Å²) >= 11 is 0. The Labute approximate surface area is 111 Å². The number of halogens is 1. The van der Waals surface area contributed by atoms with Gasteiger partial charge in [0.15, 0.2) is 5.65 Å². The molecule has 0 radical (unpaired) electrons. The van der Waals surface area contributed by atoms with Gasteiger partial charge in [-0.25, -0.2) is 18.7 Å². The zero-order valence-corrected chi connectivity index (χ0v) is 10.5. The van der Waals surface area contributed by atoms with E-state index in [1.54, 1.807) is 6.92 Å². The summed E-state index contributed by atoms with van der Waals surface area (Å²) in [7, 11) is 0. The van der Waals surface area contributed by atoms with E-state index < -0.39 is 17.3 Å². The van der Waals surface area contributed by atoms with E-state index in [4.69, 9.17) is 4.74 Å². The molecule has 0 amide bonds. The molecule has 0 saturated heterocycles. The van der Waals surface area contributed by atoms with Crippen molar-refractivity contribution in [2.24, 2.45) is 0 Å². The van der Waals surface area contributed by atoms with Crippen molar-refractivity contribution in [3.8, 4) is 0 Å². The minimum Gasteiger partial charge on any atom is -0.461 e. The molecule has 0 aliphatic heterocycles. The van der Waals surface area contributed by atoms with Crippen molar-refractivity contribution in [3.05, 3.63) is 46.1 Å². The molecule has 7 heteroatoms. The van der Waals surface area contributed by atoms with E-state index in [9.17, 15) is 14.0 Å². The number of carbonyl (C=O) groups is 1. The molecule has 2 aromatic heterocycles. The number of aromatic nitrogens is 3. The second-order valence-corrected chi connectivity index (χ2v) is 4.14. The fourth-order valence-electron chi connectivity index (χ4n) is 1.99. The van der Waals surface area contributed by atoms with Crippen LogP contribution in [0, 0.1) is 5.82 Å². The lowest BCUT2D eigenvalue weighted by atomic mass is 10.2. The number of benzene rings is 1. The van der Waals surface area contributed by atoms with Crippen molar-refractivity contribution in [3.63, 3.8) is 0 Å². The molecule has 20 heavy (non-hydrogen) atoms. The van der Waals surface area contributed by atoms with Crippen LogP contribution in [0.3, 0.4) is 0 Å². The minimum absolute atomic E-state index is 0.0214. The van der Waals surface area contributed by atoms with Crippen molar-refractivity contribution in [1.82, 2.24) is 14.6 Å². The quantitative estimate of drug-likeness (QED) is 0.719. The summed E-state index contributed by atoms with van der Waals surface area (Å²) in [6, 6.07) is 5.49. The molecule has 3 rings (SSSR count). The zero-order valence-electron chi connectivity index (χ0n) is 10.5. The van der Waals surface area contributed by atoms with Gasteiger partial charge in [-0.15, -0.1) is 0 Å². The van der Waals surface area contributed by atoms with Crippen molar-refractivity contribution < 1.29 is 13.9 Å². The normalized spacial score (nSPS) is 11.1. The maximum Gasteiger partial charge on any atom is 0.356 e. The smallest absolute Gasteiger partial charge is 0.356 e. The summed E-state index contributed by atoms with van der Waals surface area (Å²) in [5.74, 6) is -1.18. The lowest BCUT2D eigenvalue weighted by Crippen LogP contribution is -2.16. The fraction of sp³-hybridized carbons (Fsp3) is 0.154. The molecular weight excluding hydrogens is 265 g/mol. The van der Waals surface area contributed by atoms with Crippen molar-refractivity contribution in [1.29, 1.82) is 0 Å². The lowest BCUT2D eigenvalue weighted by molar-refractivity contribution is 0.0519. The Bertz CT molecular complexity index is 882. The van der Waals surface area contributed by atoms with E-state index in [1.165, 1.54) is 24.3 Å². The Balaban J connectivity index is 2.32. The predicted octanol–water partition coefficient (Wildman–Crippen LogP) is 1.49. The van der Waals surface area contributed by atoms with E-state index >= 15 is 0 Å². The number of esters is 1. The molecule has 0 unspecified atom stereocenters. The van der Waals surface area contributed by atoms with Crippen LogP contribution in [0.5, 0.6) is 0 Å². The number of para-hydroxylation sites is 1. The van der Waals surface area contributed by atoms with E-state index in [-0.39, 0.29) is 28.9 Å². The van der Waals surface area contributed by atoms with Gasteiger partial charge in [-0.3, -0.25) is 9.89 Å². The summed E-state index contributed by atoms with van der Waals surface area (Å²) in [5.41, 5.74) is -0.241. The molecule has 2 heterocycles. The van der Waals surface area contributed by atoms with Gasteiger partial charge in [0.05, 0.1) is 12.0 Å². The third kappa shape index (κ3) is 1.75. The highest BCUT2D eigenvalue weighted by Crippen LogP contribution is 2.14. The Kier molecular flexibility index (Phi) is 2.74. The first kappa shape index (κ1) is 12.3. The predicted molar refractivity (Wildman–Crippen MR) is 69.2 cm³/mol. The minimum atomic E-state index is -0.595. The van der Waals surface area contributed by atoms with E-state index in [0.29, 0.717) is 0 Å². The number of rotatable bonds is 2. The Hall–Kier alpha value is -2.70. The maximum atomic E-state index is 13.7. The number of fused-ring (bicyclic) bond motifs is 2. The highest BCUT2D eigenvalue weighted by Gasteiger charge is 2.15. The van der Waals surface area contributed by atoms with Gasteiger partial charge in [-0.2, -0.15) is 0 Å². The van der Waals surface area contributed by atoms with Crippen LogP contribution >= 0.6 is 0 Å². The van der Waals surface area contributed by atoms with Gasteiger partial charge in [-0.05, 0) is 19.1 Å². The van der Waals surface area contributed by atoms with Gasteiger partial charge < -0.3 is 4.74 Å². The summed E-state index contributed by atoms with van der Waals surface area (Å²) in [4.78, 5) is 27.9. The molecule has 3 aromatic rings. The second-order valence-electron chi connectivity index (χ2n) is 4.14. The maximum absolute atomic E-state index is 13.7. The first-order valence-electron chi connectivity index (χ1n) is 5.99. The van der Waals surface area contributed by atoms with Gasteiger partial charge in [0.2, 0.25) is 0 Å². The zero-order chi connectivity index (χ0) is 14.3. The topological polar surface area (TPSA) is 76.5 Å². The SMILES string of the molecule is CCOC(=O)c1cc2nc3c(F)cccc3c(=O)n2[nH]1. The lowest BCUT2D eigenvalue weighted by Gasteiger charge is -1.99. The van der Waals surface area contributed by atoms with Crippen LogP contribution in [0.4, 0.5) is 4.39 Å². The van der Waals surface area contributed by atoms with Gasteiger partial charge in [-0.1, -0.05) is 6.07 Å². The number of hydrogen-bond donors (Lipinski definition) is 1. The largest absolute Gasteiger partial charge is 0.461 e. The monoisotopic (exact) mass is 275 g/mol. The first-order valence-corrected chi connectivity index (χ1v) is 5.99. The van der Waals surface area contributed by atoms with Gasteiger partial charge in [0, 0.05) is 6.07 Å². The molecule has 1 aromatic carbocycles. The number of aromatic amines is 1. The Morgan fingerprint density at radius 2 is 2.30 bits per heavy atom. The molecule has 0 aliphatic rings. The van der Waals surface area contributed by atoms with Gasteiger partial charge >= 0.3 is 5.97 Å². The Morgan fingerprint density at radius 1 is 1.50 bits per heavy atom. The van der Waals surface area contributed by atoms with Crippen molar-refractivity contribution in [2.45, 2.75) is 6.92 Å². The molecule has 0 saturated carbocycles. The van der Waals surface area contributed by atoms with Crippen LogP contribution in [0.1, 0.15) is 17.4 Å². The third-order valence-electron chi connectivity index (χ3n) is 2.88. The van der Waals surface area contributed by atoms with Gasteiger partial charge in [0.25, 0.3) is 5.56 Å². The molecule has 0 aliphatic carbocycles. The van der Waals surface area contributed by atoms with Crippen molar-refractivity contribution >= 4 is 22.5 Å². The molecule has 0 spiro atoms. The summed E-state index contributed by atoms with van der Waals surface area (Å²) in [5, 5.41) is 2.74. The highest BCUT2D eigenvalue weighted by atomic mass is 19.1. The van der Waals surface area contributed by atoms with E-state index in [2.05, 4.69) is 10.1 Å². The number of nitrogens with zero attached hydrogens (tertiary/aromatic N) is 2. The van der Waals surface area contributed by atoms with E-state index in [0.717, 1.165) is 4.52 Å². The van der Waals surface area contributed by atoms with Crippen LogP contribution in [0.25, 0.3) is 16.6 Å². The molecule has 0 atom stereocenters. The molecule has 6 nitrogen and oxygen atoms in total. The first-order chi connectivity index (χ1) is 9.61. The molecule has 0 bridgehead atoms. The van der Waals surface area contributed by atoms with E-state index in [1.807, 2.05) is 0 Å². The Morgan fingerprint density at radius 3 is 3.05 bits per heavy atom. The fourth-order valence-corrected chi connectivity index (χ4v) is 1.99. The average molecular weight is 275 g/mol. The average Bonchev–Trinajstić information content (AvgIpc) is 2.85. The van der Waals surface area contributed by atoms with Crippen LogP contribution in [-0.2, 0) is 4.74 Å². The standard InChI is InChI=1S/C13H10FN3O3/c1-2-20-13(19)9-6-10-15-11-7(4-3-5-8(11)14)12(18)17(10)16-9/h3-6,16H,2H2,1H3. The molecule has 1 N–H and O–H groups in total. The molecular formula is C13H10FN3O3. The highest BCUT2D eigenvalue weighted by molar-refractivity contribution is 5.89. The van der Waals surface area contributed by atoms with Gasteiger partial charge in [0.1, 0.15) is 17.0 Å². The number of carbonyl (C=O) groups excluding carboxylic acids is 1. The summed E-state index contributed by atoms with van der Waals surface area (Å²) < 4.78 is 19.6. The van der Waals surface area contributed by atoms with Crippen molar-refractivity contribution in [2.75, 3.05) is 6.61 Å². The second kappa shape index (κ2) is 4.44. The van der Waals surface area contributed by atoms with Crippen LogP contribution in [0.15, 0.2) is 29.1 Å². The number of hydrogen-bond acceptors (Lipinski definition) is 4. The summed E-state index contributed by atoms with van der Waals surface area (Å²) in [6.07, 6.45) is 0. The number of H-pyrrole nitrogens is 1.